The summed E-state index contributed by atoms with van der Waals surface area (Å²) in [5.74, 6) is -0.552. The van der Waals surface area contributed by atoms with Gasteiger partial charge >= 0.3 is 0 Å². The molecule has 0 radical (unpaired) electrons. The van der Waals surface area contributed by atoms with E-state index in [0.29, 0.717) is 42.1 Å². The number of piperidine rings is 1. The fourth-order valence-corrected chi connectivity index (χ4v) is 3.32. The Bertz CT molecular complexity index is 849. The minimum Gasteiger partial charge on any atom is -0.349 e. The summed E-state index contributed by atoms with van der Waals surface area (Å²) in [4.78, 5) is 38.4. The van der Waals surface area contributed by atoms with Crippen LogP contribution in [0.25, 0.3) is 0 Å². The van der Waals surface area contributed by atoms with Gasteiger partial charge in [0.1, 0.15) is 0 Å². The zero-order valence-corrected chi connectivity index (χ0v) is 16.1. The SMILES string of the molecule is O=C(NCC(=O)N1CCC(NC(=O)c2cccc(Cl)c2)CC1)c1ccccc1. The molecular formula is C21H22ClN3O3. The maximum Gasteiger partial charge on any atom is 0.251 e. The van der Waals surface area contributed by atoms with E-state index in [2.05, 4.69) is 10.6 Å². The van der Waals surface area contributed by atoms with Gasteiger partial charge in [-0.2, -0.15) is 0 Å². The van der Waals surface area contributed by atoms with Crippen molar-refractivity contribution >= 4 is 29.3 Å². The Hall–Kier alpha value is -2.86. The summed E-state index contributed by atoms with van der Waals surface area (Å²) in [6.45, 7) is 1.05. The molecule has 28 heavy (non-hydrogen) atoms. The van der Waals surface area contributed by atoms with E-state index in [1.807, 2.05) is 6.07 Å². The number of carbonyl (C=O) groups is 3. The minimum absolute atomic E-state index is 0.00874. The number of rotatable bonds is 5. The summed E-state index contributed by atoms with van der Waals surface area (Å²) in [7, 11) is 0. The molecule has 2 N–H and O–H groups in total. The van der Waals surface area contributed by atoms with Gasteiger partial charge in [0.2, 0.25) is 5.91 Å². The maximum atomic E-state index is 12.3. The van der Waals surface area contributed by atoms with Gasteiger partial charge in [-0.25, -0.2) is 0 Å². The standard InChI is InChI=1S/C21H22ClN3O3/c22-17-8-4-7-16(13-17)21(28)24-18-9-11-25(12-10-18)19(26)14-23-20(27)15-5-2-1-3-6-15/h1-8,13,18H,9-12,14H2,(H,23,27)(H,24,28). The summed E-state index contributed by atoms with van der Waals surface area (Å²) in [6, 6.07) is 15.6. The second-order valence-electron chi connectivity index (χ2n) is 6.69. The van der Waals surface area contributed by atoms with Crippen molar-refractivity contribution in [1.82, 2.24) is 15.5 Å². The Morgan fingerprint density at radius 1 is 0.929 bits per heavy atom. The summed E-state index contributed by atoms with van der Waals surface area (Å²) in [5, 5.41) is 6.16. The molecule has 0 aliphatic carbocycles. The molecule has 6 nitrogen and oxygen atoms in total. The summed E-state index contributed by atoms with van der Waals surface area (Å²) >= 11 is 5.92. The van der Waals surface area contributed by atoms with Gasteiger partial charge in [0, 0.05) is 35.3 Å². The van der Waals surface area contributed by atoms with Gasteiger partial charge in [-0.1, -0.05) is 35.9 Å². The molecule has 146 valence electrons. The molecule has 1 saturated heterocycles. The minimum atomic E-state index is -0.266. The second-order valence-corrected chi connectivity index (χ2v) is 7.12. The first-order valence-corrected chi connectivity index (χ1v) is 9.58. The largest absolute Gasteiger partial charge is 0.349 e. The van der Waals surface area contributed by atoms with Crippen molar-refractivity contribution in [1.29, 1.82) is 0 Å². The van der Waals surface area contributed by atoms with Crippen LogP contribution in [0.1, 0.15) is 33.6 Å². The van der Waals surface area contributed by atoms with Crippen molar-refractivity contribution in [3.8, 4) is 0 Å². The number of hydrogen-bond acceptors (Lipinski definition) is 3. The van der Waals surface area contributed by atoms with E-state index in [-0.39, 0.29) is 30.3 Å². The Labute approximate surface area is 168 Å². The van der Waals surface area contributed by atoms with Crippen molar-refractivity contribution in [3.63, 3.8) is 0 Å². The van der Waals surface area contributed by atoms with Gasteiger partial charge in [0.05, 0.1) is 6.54 Å². The number of benzene rings is 2. The Balaban J connectivity index is 1.42. The molecule has 7 heteroatoms. The highest BCUT2D eigenvalue weighted by molar-refractivity contribution is 6.30. The summed E-state index contributed by atoms with van der Waals surface area (Å²) < 4.78 is 0. The molecule has 3 rings (SSSR count). The molecule has 1 aliphatic heterocycles. The average Bonchev–Trinajstić information content (AvgIpc) is 2.73. The number of carbonyl (C=O) groups excluding carboxylic acids is 3. The molecule has 0 spiro atoms. The van der Waals surface area contributed by atoms with Crippen molar-refractivity contribution < 1.29 is 14.4 Å². The number of halogens is 1. The number of nitrogens with one attached hydrogen (secondary N) is 2. The summed E-state index contributed by atoms with van der Waals surface area (Å²) in [5.41, 5.74) is 1.05. The van der Waals surface area contributed by atoms with E-state index < -0.39 is 0 Å². The highest BCUT2D eigenvalue weighted by atomic mass is 35.5. The normalized spacial score (nSPS) is 14.4. The molecule has 0 bridgehead atoms. The van der Waals surface area contributed by atoms with Crippen LogP contribution >= 0.6 is 11.6 Å². The summed E-state index contributed by atoms with van der Waals surface area (Å²) in [6.07, 6.45) is 1.34. The first kappa shape index (κ1) is 19.9. The van der Waals surface area contributed by atoms with E-state index >= 15 is 0 Å². The van der Waals surface area contributed by atoms with Crippen LogP contribution in [-0.2, 0) is 4.79 Å². The first-order chi connectivity index (χ1) is 13.5. The van der Waals surface area contributed by atoms with Gasteiger partial charge < -0.3 is 15.5 Å². The third-order valence-electron chi connectivity index (χ3n) is 4.71. The lowest BCUT2D eigenvalue weighted by atomic mass is 10.0. The van der Waals surface area contributed by atoms with Gasteiger partial charge in [-0.15, -0.1) is 0 Å². The highest BCUT2D eigenvalue weighted by Gasteiger charge is 2.24. The Kier molecular flexibility index (Phi) is 6.66. The van der Waals surface area contributed by atoms with E-state index in [1.165, 1.54) is 0 Å². The molecule has 0 saturated carbocycles. The predicted octanol–water partition coefficient (Wildman–Crippen LogP) is 2.49. The third-order valence-corrected chi connectivity index (χ3v) is 4.94. The van der Waals surface area contributed by atoms with Crippen LogP contribution in [0.15, 0.2) is 54.6 Å². The number of hydrogen-bond donors (Lipinski definition) is 2. The van der Waals surface area contributed by atoms with E-state index in [9.17, 15) is 14.4 Å². The molecule has 3 amide bonds. The van der Waals surface area contributed by atoms with Crippen LogP contribution in [-0.4, -0.2) is 48.3 Å². The van der Waals surface area contributed by atoms with Crippen LogP contribution in [0.4, 0.5) is 0 Å². The third kappa shape index (κ3) is 5.33. The van der Waals surface area contributed by atoms with Crippen molar-refractivity contribution in [2.75, 3.05) is 19.6 Å². The predicted molar refractivity (Wildman–Crippen MR) is 107 cm³/mol. The van der Waals surface area contributed by atoms with E-state index in [4.69, 9.17) is 11.6 Å². The molecular weight excluding hydrogens is 378 g/mol. The lowest BCUT2D eigenvalue weighted by Crippen LogP contribution is -2.49. The molecule has 2 aromatic rings. The van der Waals surface area contributed by atoms with Crippen LogP contribution < -0.4 is 10.6 Å². The molecule has 0 atom stereocenters. The van der Waals surface area contributed by atoms with Crippen molar-refractivity contribution in [2.24, 2.45) is 0 Å². The average molecular weight is 400 g/mol. The van der Waals surface area contributed by atoms with Gasteiger partial charge in [0.25, 0.3) is 11.8 Å². The molecule has 1 heterocycles. The van der Waals surface area contributed by atoms with Crippen LogP contribution in [0.2, 0.25) is 5.02 Å². The van der Waals surface area contributed by atoms with Gasteiger partial charge in [0.15, 0.2) is 0 Å². The van der Waals surface area contributed by atoms with Crippen LogP contribution in [0.5, 0.6) is 0 Å². The fraction of sp³-hybridized carbons (Fsp3) is 0.286. The smallest absolute Gasteiger partial charge is 0.251 e. The zero-order chi connectivity index (χ0) is 19.9. The zero-order valence-electron chi connectivity index (χ0n) is 15.4. The first-order valence-electron chi connectivity index (χ1n) is 9.20. The molecule has 0 aromatic heterocycles. The van der Waals surface area contributed by atoms with E-state index in [0.717, 1.165) is 0 Å². The number of likely N-dealkylation sites (tertiary alicyclic amines) is 1. The lowest BCUT2D eigenvalue weighted by Gasteiger charge is -2.32. The maximum absolute atomic E-state index is 12.3. The second kappa shape index (κ2) is 9.37. The quantitative estimate of drug-likeness (QED) is 0.810. The lowest BCUT2D eigenvalue weighted by molar-refractivity contribution is -0.131. The monoisotopic (exact) mass is 399 g/mol. The van der Waals surface area contributed by atoms with Gasteiger partial charge in [-0.3, -0.25) is 14.4 Å². The molecule has 1 aliphatic rings. The van der Waals surface area contributed by atoms with E-state index in [1.54, 1.807) is 53.4 Å². The van der Waals surface area contributed by atoms with Crippen molar-refractivity contribution in [3.05, 3.63) is 70.7 Å². The van der Waals surface area contributed by atoms with Crippen molar-refractivity contribution in [2.45, 2.75) is 18.9 Å². The Morgan fingerprint density at radius 3 is 2.29 bits per heavy atom. The van der Waals surface area contributed by atoms with Crippen LogP contribution in [0, 0.1) is 0 Å². The topological polar surface area (TPSA) is 78.5 Å². The molecule has 1 fully saturated rings. The van der Waals surface area contributed by atoms with Crippen LogP contribution in [0.3, 0.4) is 0 Å². The fourth-order valence-electron chi connectivity index (χ4n) is 3.13. The Morgan fingerprint density at radius 2 is 1.61 bits per heavy atom. The molecule has 0 unspecified atom stereocenters. The number of amides is 3. The number of nitrogens with zero attached hydrogens (tertiary/aromatic N) is 1. The highest BCUT2D eigenvalue weighted by Crippen LogP contribution is 2.14. The van der Waals surface area contributed by atoms with Gasteiger partial charge in [-0.05, 0) is 43.2 Å². The molecule has 2 aromatic carbocycles.